The molecule has 2 aliphatic rings. The molecule has 0 bridgehead atoms. The topological polar surface area (TPSA) is 87.1 Å². The molecule has 23 heavy (non-hydrogen) atoms. The summed E-state index contributed by atoms with van der Waals surface area (Å²) in [6, 6.07) is 1.57. The SMILES string of the molecule is O=C(O)c1csc(CC(=O)N2CC(CO)CC23CCOCC3)c1. The Morgan fingerprint density at radius 2 is 2.13 bits per heavy atom. The van der Waals surface area contributed by atoms with Crippen LogP contribution in [0.15, 0.2) is 11.4 Å². The maximum atomic E-state index is 12.8. The van der Waals surface area contributed by atoms with Crippen LogP contribution < -0.4 is 0 Å². The first-order chi connectivity index (χ1) is 11.0. The molecule has 0 saturated carbocycles. The summed E-state index contributed by atoms with van der Waals surface area (Å²) in [4.78, 5) is 26.4. The van der Waals surface area contributed by atoms with Gasteiger partial charge in [-0.3, -0.25) is 4.79 Å². The number of carbonyl (C=O) groups excluding carboxylic acids is 1. The summed E-state index contributed by atoms with van der Waals surface area (Å²) in [5.41, 5.74) is 0.0311. The Kier molecular flexibility index (Phi) is 4.70. The molecule has 0 aliphatic carbocycles. The van der Waals surface area contributed by atoms with E-state index in [0.717, 1.165) is 24.1 Å². The van der Waals surface area contributed by atoms with E-state index in [-0.39, 0.29) is 36.0 Å². The molecule has 2 aliphatic heterocycles. The van der Waals surface area contributed by atoms with Crippen molar-refractivity contribution in [3.63, 3.8) is 0 Å². The van der Waals surface area contributed by atoms with Crippen LogP contribution in [-0.2, 0) is 16.0 Å². The second kappa shape index (κ2) is 6.59. The smallest absolute Gasteiger partial charge is 0.336 e. The summed E-state index contributed by atoms with van der Waals surface area (Å²) < 4.78 is 5.44. The number of carbonyl (C=O) groups is 2. The normalized spacial score (nSPS) is 23.3. The van der Waals surface area contributed by atoms with Crippen LogP contribution in [0.3, 0.4) is 0 Å². The zero-order valence-corrected chi connectivity index (χ0v) is 13.7. The van der Waals surface area contributed by atoms with Gasteiger partial charge in [0.2, 0.25) is 5.91 Å². The van der Waals surface area contributed by atoms with E-state index in [1.54, 1.807) is 11.4 Å². The fourth-order valence-corrected chi connectivity index (χ4v) is 4.56. The van der Waals surface area contributed by atoms with Crippen LogP contribution in [0.1, 0.15) is 34.5 Å². The number of ether oxygens (including phenoxy) is 1. The number of hydrogen-bond donors (Lipinski definition) is 2. The van der Waals surface area contributed by atoms with E-state index in [9.17, 15) is 14.7 Å². The van der Waals surface area contributed by atoms with Gasteiger partial charge in [-0.2, -0.15) is 0 Å². The summed E-state index contributed by atoms with van der Waals surface area (Å²) >= 11 is 1.30. The number of nitrogens with zero attached hydrogens (tertiary/aromatic N) is 1. The Bertz CT molecular complexity index is 593. The van der Waals surface area contributed by atoms with Crippen molar-refractivity contribution in [3.8, 4) is 0 Å². The molecule has 2 fully saturated rings. The fraction of sp³-hybridized carbons (Fsp3) is 0.625. The van der Waals surface area contributed by atoms with Crippen molar-refractivity contribution in [1.29, 1.82) is 0 Å². The molecule has 1 aromatic heterocycles. The van der Waals surface area contributed by atoms with Crippen molar-refractivity contribution in [2.75, 3.05) is 26.4 Å². The average Bonchev–Trinajstić information content (AvgIpc) is 3.13. The van der Waals surface area contributed by atoms with Crippen LogP contribution in [0.4, 0.5) is 0 Å². The predicted octanol–water partition coefficient (Wildman–Crippen LogP) is 1.38. The van der Waals surface area contributed by atoms with Gasteiger partial charge in [0, 0.05) is 48.1 Å². The molecule has 1 amide bonds. The molecule has 2 saturated heterocycles. The molecule has 1 atom stereocenters. The maximum Gasteiger partial charge on any atom is 0.336 e. The number of likely N-dealkylation sites (tertiary alicyclic amines) is 1. The number of aromatic carboxylic acids is 1. The highest BCUT2D eigenvalue weighted by Crippen LogP contribution is 2.41. The molecule has 126 valence electrons. The number of aliphatic hydroxyl groups excluding tert-OH is 1. The van der Waals surface area contributed by atoms with Gasteiger partial charge in [-0.05, 0) is 25.3 Å². The number of aliphatic hydroxyl groups is 1. The Balaban J connectivity index is 1.74. The molecule has 2 N–H and O–H groups in total. The highest BCUT2D eigenvalue weighted by Gasteiger charge is 2.48. The molecule has 6 nitrogen and oxygen atoms in total. The van der Waals surface area contributed by atoms with Gasteiger partial charge in [-0.15, -0.1) is 11.3 Å². The van der Waals surface area contributed by atoms with E-state index < -0.39 is 5.97 Å². The molecule has 1 spiro atoms. The molecule has 3 rings (SSSR count). The first-order valence-corrected chi connectivity index (χ1v) is 8.72. The van der Waals surface area contributed by atoms with Crippen molar-refractivity contribution in [1.82, 2.24) is 4.90 Å². The highest BCUT2D eigenvalue weighted by atomic mass is 32.1. The minimum atomic E-state index is -0.970. The number of hydrogen-bond acceptors (Lipinski definition) is 5. The molecule has 1 unspecified atom stereocenters. The lowest BCUT2D eigenvalue weighted by atomic mass is 9.85. The van der Waals surface area contributed by atoms with Crippen molar-refractivity contribution < 1.29 is 24.5 Å². The summed E-state index contributed by atoms with van der Waals surface area (Å²) in [7, 11) is 0. The van der Waals surface area contributed by atoms with Crippen molar-refractivity contribution >= 4 is 23.2 Å². The monoisotopic (exact) mass is 339 g/mol. The van der Waals surface area contributed by atoms with E-state index in [1.807, 2.05) is 4.90 Å². The van der Waals surface area contributed by atoms with E-state index in [2.05, 4.69) is 0 Å². The van der Waals surface area contributed by atoms with Gasteiger partial charge in [0.15, 0.2) is 0 Å². The molecular formula is C16H21NO5S. The number of amides is 1. The molecule has 0 aromatic carbocycles. The van der Waals surface area contributed by atoms with Crippen LogP contribution in [0, 0.1) is 5.92 Å². The summed E-state index contributed by atoms with van der Waals surface area (Å²) in [6.07, 6.45) is 2.65. The van der Waals surface area contributed by atoms with Gasteiger partial charge in [0.1, 0.15) is 0 Å². The number of carboxylic acids is 1. The lowest BCUT2D eigenvalue weighted by molar-refractivity contribution is -0.137. The minimum Gasteiger partial charge on any atom is -0.478 e. The first-order valence-electron chi connectivity index (χ1n) is 7.84. The van der Waals surface area contributed by atoms with Gasteiger partial charge in [-0.25, -0.2) is 4.79 Å². The third-order valence-corrected chi connectivity index (χ3v) is 5.83. The summed E-state index contributed by atoms with van der Waals surface area (Å²) in [6.45, 7) is 1.95. The predicted molar refractivity (Wildman–Crippen MR) is 84.7 cm³/mol. The third kappa shape index (κ3) is 3.27. The quantitative estimate of drug-likeness (QED) is 0.865. The van der Waals surface area contributed by atoms with Crippen molar-refractivity contribution in [3.05, 3.63) is 21.9 Å². The second-order valence-corrected chi connectivity index (χ2v) is 7.37. The van der Waals surface area contributed by atoms with E-state index in [1.165, 1.54) is 11.3 Å². The highest BCUT2D eigenvalue weighted by molar-refractivity contribution is 7.10. The number of thiophene rings is 1. The van der Waals surface area contributed by atoms with Crippen LogP contribution in [0.5, 0.6) is 0 Å². The van der Waals surface area contributed by atoms with Gasteiger partial charge in [0.25, 0.3) is 0 Å². The largest absolute Gasteiger partial charge is 0.478 e. The van der Waals surface area contributed by atoms with E-state index in [4.69, 9.17) is 9.84 Å². The molecule has 0 radical (unpaired) electrons. The maximum absolute atomic E-state index is 12.8. The minimum absolute atomic E-state index is 0.0154. The Hall–Kier alpha value is -1.44. The first kappa shape index (κ1) is 16.4. The van der Waals surface area contributed by atoms with Crippen molar-refractivity contribution in [2.45, 2.75) is 31.2 Å². The molecular weight excluding hydrogens is 318 g/mol. The van der Waals surface area contributed by atoms with Crippen LogP contribution >= 0.6 is 11.3 Å². The fourth-order valence-electron chi connectivity index (χ4n) is 3.71. The average molecular weight is 339 g/mol. The van der Waals surface area contributed by atoms with Crippen molar-refractivity contribution in [2.24, 2.45) is 5.92 Å². The summed E-state index contributed by atoms with van der Waals surface area (Å²) in [5.74, 6) is -0.834. The lowest BCUT2D eigenvalue weighted by Crippen LogP contribution is -2.51. The molecule has 7 heteroatoms. The Morgan fingerprint density at radius 1 is 1.39 bits per heavy atom. The van der Waals surface area contributed by atoms with Crippen LogP contribution in [-0.4, -0.2) is 58.9 Å². The molecule has 1 aromatic rings. The van der Waals surface area contributed by atoms with Gasteiger partial charge < -0.3 is 19.8 Å². The van der Waals surface area contributed by atoms with Crippen LogP contribution in [0.25, 0.3) is 0 Å². The third-order valence-electron chi connectivity index (χ3n) is 4.89. The van der Waals surface area contributed by atoms with E-state index >= 15 is 0 Å². The Morgan fingerprint density at radius 3 is 2.74 bits per heavy atom. The van der Waals surface area contributed by atoms with Gasteiger partial charge in [0.05, 0.1) is 12.0 Å². The zero-order valence-electron chi connectivity index (χ0n) is 12.9. The Labute approximate surface area is 138 Å². The number of carboxylic acid groups (broad SMARTS) is 1. The molecule has 3 heterocycles. The number of rotatable bonds is 4. The van der Waals surface area contributed by atoms with Crippen LogP contribution in [0.2, 0.25) is 0 Å². The van der Waals surface area contributed by atoms with Gasteiger partial charge in [-0.1, -0.05) is 0 Å². The second-order valence-electron chi connectivity index (χ2n) is 6.38. The standard InChI is InChI=1S/C16H21NO5S/c18-9-11-7-16(1-3-22-4-2-16)17(8-11)14(19)6-13-5-12(10-23-13)15(20)21/h5,10-11,18H,1-4,6-9H2,(H,20,21). The van der Waals surface area contributed by atoms with Gasteiger partial charge >= 0.3 is 5.97 Å². The summed E-state index contributed by atoms with van der Waals surface area (Å²) in [5, 5.41) is 20.0. The van der Waals surface area contributed by atoms with E-state index in [0.29, 0.717) is 19.8 Å². The zero-order chi connectivity index (χ0) is 16.4. The lowest BCUT2D eigenvalue weighted by Gasteiger charge is -2.41.